The van der Waals surface area contributed by atoms with Crippen LogP contribution < -0.4 is 5.73 Å². The highest BCUT2D eigenvalue weighted by molar-refractivity contribution is 6.30. The van der Waals surface area contributed by atoms with Crippen molar-refractivity contribution >= 4 is 11.6 Å². The van der Waals surface area contributed by atoms with Crippen molar-refractivity contribution in [3.05, 3.63) is 40.7 Å². The maximum Gasteiger partial charge on any atom is 0.226 e. The lowest BCUT2D eigenvalue weighted by atomic mass is 10.2. The molecular formula is C17H22ClN3O2. The first kappa shape index (κ1) is 16.5. The van der Waals surface area contributed by atoms with Crippen LogP contribution in [-0.4, -0.2) is 42.2 Å². The molecule has 1 fully saturated rings. The fourth-order valence-electron chi connectivity index (χ4n) is 2.82. The molecule has 3 rings (SSSR count). The largest absolute Gasteiger partial charge is 0.441 e. The standard InChI is InChI=1S/C17H22ClN3O2/c1-12-16(11-21-7-8-22-15(10-21)5-6-19)20-17(23-12)13-3-2-4-14(18)9-13/h2-4,9,15H,5-8,10-11,19H2,1H3/t15-/m1/s1. The first-order valence-corrected chi connectivity index (χ1v) is 8.30. The Labute approximate surface area is 141 Å². The van der Waals surface area contributed by atoms with Crippen LogP contribution >= 0.6 is 11.6 Å². The molecule has 1 aromatic heterocycles. The zero-order valence-corrected chi connectivity index (χ0v) is 14.1. The molecule has 2 N–H and O–H groups in total. The van der Waals surface area contributed by atoms with Crippen LogP contribution in [0.4, 0.5) is 0 Å². The van der Waals surface area contributed by atoms with E-state index >= 15 is 0 Å². The number of morpholine rings is 1. The Hall–Kier alpha value is -1.40. The molecule has 1 saturated heterocycles. The molecule has 0 bridgehead atoms. The van der Waals surface area contributed by atoms with Crippen LogP contribution in [0.2, 0.25) is 5.02 Å². The summed E-state index contributed by atoms with van der Waals surface area (Å²) in [6.07, 6.45) is 1.11. The lowest BCUT2D eigenvalue weighted by molar-refractivity contribution is -0.0339. The Morgan fingerprint density at radius 1 is 1.43 bits per heavy atom. The van der Waals surface area contributed by atoms with E-state index in [0.717, 1.165) is 49.7 Å². The molecule has 0 spiro atoms. The van der Waals surface area contributed by atoms with Crippen molar-refractivity contribution in [3.63, 3.8) is 0 Å². The van der Waals surface area contributed by atoms with Gasteiger partial charge in [-0.15, -0.1) is 0 Å². The number of benzene rings is 1. The van der Waals surface area contributed by atoms with Gasteiger partial charge in [-0.25, -0.2) is 4.98 Å². The van der Waals surface area contributed by atoms with Crippen LogP contribution in [0.25, 0.3) is 11.5 Å². The summed E-state index contributed by atoms with van der Waals surface area (Å²) in [6.45, 7) is 5.90. The molecule has 23 heavy (non-hydrogen) atoms. The van der Waals surface area contributed by atoms with Gasteiger partial charge in [-0.3, -0.25) is 4.90 Å². The lowest BCUT2D eigenvalue weighted by Crippen LogP contribution is -2.42. The number of nitrogens with zero attached hydrogens (tertiary/aromatic N) is 2. The number of aryl methyl sites for hydroxylation is 1. The van der Waals surface area contributed by atoms with Crippen LogP contribution in [0.5, 0.6) is 0 Å². The van der Waals surface area contributed by atoms with Gasteiger partial charge in [0.05, 0.1) is 18.4 Å². The summed E-state index contributed by atoms with van der Waals surface area (Å²) < 4.78 is 11.5. The molecule has 6 heteroatoms. The summed E-state index contributed by atoms with van der Waals surface area (Å²) in [5.41, 5.74) is 7.49. The van der Waals surface area contributed by atoms with E-state index in [4.69, 9.17) is 26.5 Å². The molecule has 2 heterocycles. The lowest BCUT2D eigenvalue weighted by Gasteiger charge is -2.32. The molecule has 0 aliphatic carbocycles. The van der Waals surface area contributed by atoms with Gasteiger partial charge < -0.3 is 14.9 Å². The number of rotatable bonds is 5. The molecular weight excluding hydrogens is 314 g/mol. The van der Waals surface area contributed by atoms with Crippen molar-refractivity contribution in [1.29, 1.82) is 0 Å². The van der Waals surface area contributed by atoms with E-state index in [2.05, 4.69) is 9.88 Å². The fourth-order valence-corrected chi connectivity index (χ4v) is 3.01. The summed E-state index contributed by atoms with van der Waals surface area (Å²) in [5.74, 6) is 1.47. The third kappa shape index (κ3) is 4.12. The van der Waals surface area contributed by atoms with Gasteiger partial charge in [0.2, 0.25) is 5.89 Å². The molecule has 0 saturated carbocycles. The quantitative estimate of drug-likeness (QED) is 0.910. The number of halogens is 1. The molecule has 0 radical (unpaired) electrons. The normalized spacial score (nSPS) is 19.2. The highest BCUT2D eigenvalue weighted by Crippen LogP contribution is 2.25. The van der Waals surface area contributed by atoms with Crippen LogP contribution in [0.3, 0.4) is 0 Å². The number of ether oxygens (including phenoxy) is 1. The minimum absolute atomic E-state index is 0.216. The second-order valence-corrected chi connectivity index (χ2v) is 6.27. The number of aromatic nitrogens is 1. The Balaban J connectivity index is 1.71. The second kappa shape index (κ2) is 7.45. The van der Waals surface area contributed by atoms with Gasteiger partial charge in [-0.05, 0) is 38.1 Å². The first-order chi connectivity index (χ1) is 11.2. The number of hydrogen-bond acceptors (Lipinski definition) is 5. The highest BCUT2D eigenvalue weighted by Gasteiger charge is 2.22. The molecule has 1 aliphatic rings. The zero-order valence-electron chi connectivity index (χ0n) is 13.3. The maximum atomic E-state index is 6.04. The van der Waals surface area contributed by atoms with E-state index in [-0.39, 0.29) is 6.10 Å². The summed E-state index contributed by atoms with van der Waals surface area (Å²) in [6, 6.07) is 7.55. The number of oxazole rings is 1. The fraction of sp³-hybridized carbons (Fsp3) is 0.471. The molecule has 124 valence electrons. The molecule has 2 aromatic rings. The minimum Gasteiger partial charge on any atom is -0.441 e. The van der Waals surface area contributed by atoms with Gasteiger partial charge in [0.15, 0.2) is 0 Å². The minimum atomic E-state index is 0.216. The van der Waals surface area contributed by atoms with Crippen molar-refractivity contribution in [2.45, 2.75) is 26.0 Å². The predicted octanol–water partition coefficient (Wildman–Crippen LogP) is 2.85. The third-order valence-corrected chi connectivity index (χ3v) is 4.28. The predicted molar refractivity (Wildman–Crippen MR) is 90.4 cm³/mol. The van der Waals surface area contributed by atoms with Gasteiger partial charge in [-0.2, -0.15) is 0 Å². The molecule has 5 nitrogen and oxygen atoms in total. The monoisotopic (exact) mass is 335 g/mol. The molecule has 1 atom stereocenters. The van der Waals surface area contributed by atoms with E-state index in [1.165, 1.54) is 0 Å². The van der Waals surface area contributed by atoms with E-state index < -0.39 is 0 Å². The van der Waals surface area contributed by atoms with Gasteiger partial charge >= 0.3 is 0 Å². The van der Waals surface area contributed by atoms with Crippen LogP contribution in [-0.2, 0) is 11.3 Å². The maximum absolute atomic E-state index is 6.04. The Bertz CT molecular complexity index is 657. The SMILES string of the molecule is Cc1oc(-c2cccc(Cl)c2)nc1CN1CCO[C@H](CCN)C1. The number of hydrogen-bond donors (Lipinski definition) is 1. The molecule has 0 amide bonds. The summed E-state index contributed by atoms with van der Waals surface area (Å²) >= 11 is 6.04. The van der Waals surface area contributed by atoms with Crippen molar-refractivity contribution in [2.24, 2.45) is 5.73 Å². The smallest absolute Gasteiger partial charge is 0.226 e. The average molecular weight is 336 g/mol. The van der Waals surface area contributed by atoms with Crippen LogP contribution in [0.15, 0.2) is 28.7 Å². The third-order valence-electron chi connectivity index (χ3n) is 4.05. The van der Waals surface area contributed by atoms with Crippen molar-refractivity contribution in [1.82, 2.24) is 9.88 Å². The van der Waals surface area contributed by atoms with Crippen molar-refractivity contribution < 1.29 is 9.15 Å². The van der Waals surface area contributed by atoms with Crippen LogP contribution in [0.1, 0.15) is 17.9 Å². The van der Waals surface area contributed by atoms with Gasteiger partial charge in [0, 0.05) is 30.2 Å². The molecule has 0 unspecified atom stereocenters. The van der Waals surface area contributed by atoms with E-state index in [9.17, 15) is 0 Å². The second-order valence-electron chi connectivity index (χ2n) is 5.84. The van der Waals surface area contributed by atoms with Crippen molar-refractivity contribution in [2.75, 3.05) is 26.2 Å². The average Bonchev–Trinajstić information content (AvgIpc) is 2.89. The van der Waals surface area contributed by atoms with Crippen molar-refractivity contribution in [3.8, 4) is 11.5 Å². The first-order valence-electron chi connectivity index (χ1n) is 7.92. The Morgan fingerprint density at radius 3 is 3.09 bits per heavy atom. The molecule has 1 aliphatic heterocycles. The van der Waals surface area contributed by atoms with E-state index in [0.29, 0.717) is 17.5 Å². The van der Waals surface area contributed by atoms with Crippen LogP contribution in [0, 0.1) is 6.92 Å². The highest BCUT2D eigenvalue weighted by atomic mass is 35.5. The Morgan fingerprint density at radius 2 is 2.30 bits per heavy atom. The summed E-state index contributed by atoms with van der Waals surface area (Å²) in [4.78, 5) is 7.00. The zero-order chi connectivity index (χ0) is 16.2. The number of nitrogens with two attached hydrogens (primary N) is 1. The van der Waals surface area contributed by atoms with Gasteiger partial charge in [0.1, 0.15) is 5.76 Å². The van der Waals surface area contributed by atoms with Gasteiger partial charge in [-0.1, -0.05) is 17.7 Å². The molecule has 1 aromatic carbocycles. The van der Waals surface area contributed by atoms with E-state index in [1.54, 1.807) is 0 Å². The summed E-state index contributed by atoms with van der Waals surface area (Å²) in [5, 5.41) is 0.678. The summed E-state index contributed by atoms with van der Waals surface area (Å²) in [7, 11) is 0. The topological polar surface area (TPSA) is 64.5 Å². The van der Waals surface area contributed by atoms with E-state index in [1.807, 2.05) is 31.2 Å². The Kier molecular flexibility index (Phi) is 5.33. The van der Waals surface area contributed by atoms with Gasteiger partial charge in [0.25, 0.3) is 0 Å².